The maximum atomic E-state index is 6.69. The molecule has 0 radical (unpaired) electrons. The Kier molecular flexibility index (Phi) is 20.9. The van der Waals surface area contributed by atoms with E-state index in [0.717, 1.165) is 12.0 Å². The van der Waals surface area contributed by atoms with Gasteiger partial charge in [0.2, 0.25) is 0 Å². The molecule has 1 aromatic carbocycles. The summed E-state index contributed by atoms with van der Waals surface area (Å²) in [6.45, 7) is 5.50. The first-order valence-electron chi connectivity index (χ1n) is 3.62. The molecule has 0 aliphatic carbocycles. The SMILES string of the molecule is [C-]#Cc1ccccc1.[CH2-]CC.[Li+].[Li+]. The smallest absolute Gasteiger partial charge is 0.366 e. The fraction of sp³-hybridized carbons (Fsp3) is 0.182. The van der Waals surface area contributed by atoms with Crippen molar-refractivity contribution in [2.45, 2.75) is 13.3 Å². The second-order valence-electron chi connectivity index (χ2n) is 1.99. The third-order valence-electron chi connectivity index (χ3n) is 0.918. The van der Waals surface area contributed by atoms with Gasteiger partial charge in [0.15, 0.2) is 0 Å². The molecule has 0 fully saturated rings. The molecule has 0 spiro atoms. The molecule has 0 aromatic heterocycles. The second-order valence-corrected chi connectivity index (χ2v) is 1.99. The Morgan fingerprint density at radius 3 is 1.85 bits per heavy atom. The van der Waals surface area contributed by atoms with Crippen LogP contribution in [0.1, 0.15) is 18.9 Å². The van der Waals surface area contributed by atoms with Crippen LogP contribution < -0.4 is 37.7 Å². The largest absolute Gasteiger partial charge is 1.00 e. The van der Waals surface area contributed by atoms with E-state index in [4.69, 9.17) is 6.42 Å². The van der Waals surface area contributed by atoms with Crippen LogP contribution in [0, 0.1) is 19.3 Å². The van der Waals surface area contributed by atoms with E-state index in [1.165, 1.54) is 0 Å². The molecule has 0 bridgehead atoms. The van der Waals surface area contributed by atoms with Gasteiger partial charge in [0.25, 0.3) is 0 Å². The van der Waals surface area contributed by atoms with Gasteiger partial charge in [-0.15, -0.1) is 17.7 Å². The Labute approximate surface area is 106 Å². The quantitative estimate of drug-likeness (QED) is 0.213. The molecule has 2 heteroatoms. The molecular formula is C11H12Li2. The van der Waals surface area contributed by atoms with Crippen LogP contribution in [-0.2, 0) is 0 Å². The summed E-state index contributed by atoms with van der Waals surface area (Å²) in [6, 6.07) is 9.37. The molecule has 0 heterocycles. The standard InChI is InChI=1S/C8H5.C3H7.2Li/c1-2-8-6-4-3-5-7-8;1-3-2;;/h3-7H;1,3H2,2H3;;/q2*-1;2*+1. The van der Waals surface area contributed by atoms with Gasteiger partial charge in [-0.3, -0.25) is 5.92 Å². The van der Waals surface area contributed by atoms with Crippen molar-refractivity contribution < 1.29 is 37.7 Å². The molecule has 0 atom stereocenters. The van der Waals surface area contributed by atoms with E-state index < -0.39 is 0 Å². The molecule has 1 rings (SSSR count). The van der Waals surface area contributed by atoms with E-state index in [1.54, 1.807) is 0 Å². The van der Waals surface area contributed by atoms with E-state index in [0.29, 0.717) is 0 Å². The van der Waals surface area contributed by atoms with Crippen molar-refractivity contribution in [1.82, 2.24) is 0 Å². The predicted molar refractivity (Wildman–Crippen MR) is 48.3 cm³/mol. The first-order valence-corrected chi connectivity index (χ1v) is 3.62. The Morgan fingerprint density at radius 1 is 1.23 bits per heavy atom. The van der Waals surface area contributed by atoms with Crippen molar-refractivity contribution in [2.24, 2.45) is 0 Å². The molecule has 0 N–H and O–H groups in total. The predicted octanol–water partition coefficient (Wildman–Crippen LogP) is -3.14. The monoisotopic (exact) mass is 158 g/mol. The van der Waals surface area contributed by atoms with Gasteiger partial charge in [-0.2, -0.15) is 6.42 Å². The number of rotatable bonds is 0. The van der Waals surface area contributed by atoms with Gasteiger partial charge in [0, 0.05) is 0 Å². The topological polar surface area (TPSA) is 0 Å². The molecule has 1 aromatic rings. The summed E-state index contributed by atoms with van der Waals surface area (Å²) in [7, 11) is 0. The molecule has 0 unspecified atom stereocenters. The van der Waals surface area contributed by atoms with E-state index in [1.807, 2.05) is 37.3 Å². The summed E-state index contributed by atoms with van der Waals surface area (Å²) >= 11 is 0. The normalized spacial score (nSPS) is 6.23. The van der Waals surface area contributed by atoms with Crippen LogP contribution in [0.2, 0.25) is 0 Å². The molecule has 0 saturated heterocycles. The van der Waals surface area contributed by atoms with Gasteiger partial charge in [0.1, 0.15) is 0 Å². The molecule has 0 aliphatic rings. The van der Waals surface area contributed by atoms with Crippen molar-refractivity contribution in [3.05, 3.63) is 49.2 Å². The molecule has 13 heavy (non-hydrogen) atoms. The van der Waals surface area contributed by atoms with Crippen molar-refractivity contribution in [2.75, 3.05) is 0 Å². The minimum absolute atomic E-state index is 0. The first kappa shape index (κ1) is 18.7. The van der Waals surface area contributed by atoms with Crippen molar-refractivity contribution in [3.63, 3.8) is 0 Å². The molecule has 58 valence electrons. The summed E-state index contributed by atoms with van der Waals surface area (Å²) in [4.78, 5) is 0. The van der Waals surface area contributed by atoms with Crippen LogP contribution in [0.5, 0.6) is 0 Å². The maximum Gasteiger partial charge on any atom is 1.00 e. The van der Waals surface area contributed by atoms with Crippen LogP contribution >= 0.6 is 0 Å². The minimum atomic E-state index is 0. The fourth-order valence-corrected chi connectivity index (χ4v) is 0.521. The van der Waals surface area contributed by atoms with E-state index in [2.05, 4.69) is 12.8 Å². The van der Waals surface area contributed by atoms with Gasteiger partial charge in [0.05, 0.1) is 0 Å². The number of hydrogen-bond donors (Lipinski definition) is 0. The molecule has 0 nitrogen and oxygen atoms in total. The average molecular weight is 158 g/mol. The van der Waals surface area contributed by atoms with Crippen molar-refractivity contribution in [3.8, 4) is 5.92 Å². The van der Waals surface area contributed by atoms with E-state index in [-0.39, 0.29) is 37.7 Å². The zero-order valence-corrected chi connectivity index (χ0v) is 8.80. The summed E-state index contributed by atoms with van der Waals surface area (Å²) in [5, 5.41) is 0. The second kappa shape index (κ2) is 14.5. The summed E-state index contributed by atoms with van der Waals surface area (Å²) < 4.78 is 0. The van der Waals surface area contributed by atoms with E-state index >= 15 is 0 Å². The van der Waals surface area contributed by atoms with Gasteiger partial charge >= 0.3 is 37.7 Å². The third-order valence-corrected chi connectivity index (χ3v) is 0.918. The van der Waals surface area contributed by atoms with E-state index in [9.17, 15) is 0 Å². The Balaban J connectivity index is -0.000000180. The first-order chi connectivity index (χ1) is 5.35. The van der Waals surface area contributed by atoms with Crippen molar-refractivity contribution >= 4 is 0 Å². The molecule has 0 saturated carbocycles. The van der Waals surface area contributed by atoms with Crippen LogP contribution in [0.4, 0.5) is 0 Å². The average Bonchev–Trinajstić information content (AvgIpc) is 2.08. The van der Waals surface area contributed by atoms with Gasteiger partial charge in [-0.25, -0.2) is 0 Å². The van der Waals surface area contributed by atoms with Crippen LogP contribution in [0.3, 0.4) is 0 Å². The third kappa shape index (κ3) is 12.0. The number of hydrogen-bond acceptors (Lipinski definition) is 0. The summed E-state index contributed by atoms with van der Waals surface area (Å²) in [5.74, 6) is 2.28. The summed E-state index contributed by atoms with van der Waals surface area (Å²) in [6.07, 6.45) is 7.69. The van der Waals surface area contributed by atoms with Gasteiger partial charge in [-0.05, 0) is 0 Å². The maximum absolute atomic E-state index is 6.69. The summed E-state index contributed by atoms with van der Waals surface area (Å²) in [5.41, 5.74) is 0.826. The number of benzene rings is 1. The van der Waals surface area contributed by atoms with Crippen molar-refractivity contribution in [1.29, 1.82) is 0 Å². The van der Waals surface area contributed by atoms with Crippen LogP contribution in [0.15, 0.2) is 30.3 Å². The van der Waals surface area contributed by atoms with Gasteiger partial charge in [-0.1, -0.05) is 25.1 Å². The fourth-order valence-electron chi connectivity index (χ4n) is 0.521. The zero-order chi connectivity index (χ0) is 8.53. The molecule has 0 aliphatic heterocycles. The zero-order valence-electron chi connectivity index (χ0n) is 8.80. The Bertz CT molecular complexity index is 211. The Hall–Kier alpha value is -0.0252. The molecular weight excluding hydrogens is 146 g/mol. The molecule has 0 amide bonds. The van der Waals surface area contributed by atoms with Crippen LogP contribution in [-0.4, -0.2) is 0 Å². The Morgan fingerprint density at radius 2 is 1.62 bits per heavy atom. The minimum Gasteiger partial charge on any atom is -0.366 e. The van der Waals surface area contributed by atoms with Crippen LogP contribution in [0.25, 0.3) is 0 Å². The van der Waals surface area contributed by atoms with Gasteiger partial charge < -0.3 is 13.3 Å².